The molecule has 0 saturated carbocycles. The summed E-state index contributed by atoms with van der Waals surface area (Å²) in [6.45, 7) is 3.37. The molecule has 1 amide bonds. The fraction of sp³-hybridized carbons (Fsp3) is 0.583. The molecule has 0 unspecified atom stereocenters. The van der Waals surface area contributed by atoms with Crippen molar-refractivity contribution in [2.45, 2.75) is 19.3 Å². The molecule has 2 rings (SSSR count). The second-order valence-electron chi connectivity index (χ2n) is 4.07. The highest BCUT2D eigenvalue weighted by atomic mass is 16.2. The first kappa shape index (κ1) is 10.4. The van der Waals surface area contributed by atoms with Crippen LogP contribution in [-0.2, 0) is 4.79 Å². The van der Waals surface area contributed by atoms with Gasteiger partial charge < -0.3 is 10.2 Å². The highest BCUT2D eigenvalue weighted by Crippen LogP contribution is 2.12. The van der Waals surface area contributed by atoms with Crippen LogP contribution in [0.4, 0.5) is 0 Å². The van der Waals surface area contributed by atoms with Crippen molar-refractivity contribution in [1.29, 1.82) is 0 Å². The van der Waals surface area contributed by atoms with Gasteiger partial charge in [-0.15, -0.1) is 0 Å². The zero-order valence-corrected chi connectivity index (χ0v) is 9.04. The first-order valence-electron chi connectivity index (χ1n) is 5.70. The van der Waals surface area contributed by atoms with Crippen molar-refractivity contribution in [3.8, 4) is 0 Å². The predicted molar refractivity (Wildman–Crippen MR) is 60.5 cm³/mol. The number of nitrogens with one attached hydrogen (secondary N) is 1. The van der Waals surface area contributed by atoms with Crippen molar-refractivity contribution >= 4 is 5.91 Å². The van der Waals surface area contributed by atoms with Crippen LogP contribution in [0.2, 0.25) is 0 Å². The zero-order chi connectivity index (χ0) is 10.5. The van der Waals surface area contributed by atoms with Crippen molar-refractivity contribution in [2.75, 3.05) is 26.2 Å². The van der Waals surface area contributed by atoms with Crippen molar-refractivity contribution in [1.82, 2.24) is 10.2 Å². The lowest BCUT2D eigenvalue weighted by Crippen LogP contribution is -2.34. The van der Waals surface area contributed by atoms with Crippen LogP contribution in [0.5, 0.6) is 0 Å². The molecule has 1 aliphatic carbocycles. The summed E-state index contributed by atoms with van der Waals surface area (Å²) in [7, 11) is 0. The summed E-state index contributed by atoms with van der Waals surface area (Å²) in [4.78, 5) is 13.7. The molecule has 0 aromatic heterocycles. The van der Waals surface area contributed by atoms with Gasteiger partial charge in [0.15, 0.2) is 0 Å². The van der Waals surface area contributed by atoms with Crippen LogP contribution in [-0.4, -0.2) is 37.0 Å². The Morgan fingerprint density at radius 3 is 3.07 bits per heavy atom. The summed E-state index contributed by atoms with van der Waals surface area (Å²) in [6, 6.07) is 0. The van der Waals surface area contributed by atoms with E-state index in [-0.39, 0.29) is 5.91 Å². The molecule has 3 nitrogen and oxygen atoms in total. The van der Waals surface area contributed by atoms with E-state index in [0.717, 1.165) is 39.0 Å². The van der Waals surface area contributed by atoms with Crippen LogP contribution in [0, 0.1) is 0 Å². The van der Waals surface area contributed by atoms with Gasteiger partial charge in [0, 0.05) is 32.6 Å². The standard InChI is InChI=1S/C12H18N2O/c15-12-6-7-13-8-9-14(12)10-11-4-2-1-3-5-11/h2,4-5,13H,1,3,6-10H2. The van der Waals surface area contributed by atoms with Crippen molar-refractivity contribution in [2.24, 2.45) is 0 Å². The Hall–Kier alpha value is -1.09. The average Bonchev–Trinajstić information content (AvgIpc) is 2.46. The largest absolute Gasteiger partial charge is 0.337 e. The highest BCUT2D eigenvalue weighted by molar-refractivity contribution is 5.77. The van der Waals surface area contributed by atoms with Gasteiger partial charge in [0.25, 0.3) is 0 Å². The number of carbonyl (C=O) groups excluding carboxylic acids is 1. The summed E-state index contributed by atoms with van der Waals surface area (Å²) < 4.78 is 0. The molecule has 2 aliphatic rings. The Balaban J connectivity index is 1.94. The van der Waals surface area contributed by atoms with Crippen molar-refractivity contribution in [3.05, 3.63) is 23.8 Å². The van der Waals surface area contributed by atoms with Gasteiger partial charge in [-0.05, 0) is 18.4 Å². The van der Waals surface area contributed by atoms with E-state index in [1.807, 2.05) is 4.90 Å². The summed E-state index contributed by atoms with van der Waals surface area (Å²) >= 11 is 0. The van der Waals surface area contributed by atoms with Gasteiger partial charge in [-0.1, -0.05) is 18.2 Å². The fourth-order valence-electron chi connectivity index (χ4n) is 1.99. The molecule has 0 bridgehead atoms. The van der Waals surface area contributed by atoms with E-state index in [4.69, 9.17) is 0 Å². The Morgan fingerprint density at radius 1 is 1.33 bits per heavy atom. The summed E-state index contributed by atoms with van der Waals surface area (Å²) in [5.41, 5.74) is 1.29. The molecule has 1 saturated heterocycles. The lowest BCUT2D eigenvalue weighted by molar-refractivity contribution is -0.129. The van der Waals surface area contributed by atoms with Crippen LogP contribution in [0.15, 0.2) is 23.8 Å². The zero-order valence-electron chi connectivity index (χ0n) is 9.04. The minimum absolute atomic E-state index is 0.278. The van der Waals surface area contributed by atoms with Gasteiger partial charge in [0.05, 0.1) is 0 Å². The van der Waals surface area contributed by atoms with Gasteiger partial charge in [0.2, 0.25) is 5.91 Å². The van der Waals surface area contributed by atoms with E-state index in [1.54, 1.807) is 0 Å². The van der Waals surface area contributed by atoms with Crippen molar-refractivity contribution < 1.29 is 4.79 Å². The minimum atomic E-state index is 0.278. The quantitative estimate of drug-likeness (QED) is 0.733. The number of hydrogen-bond acceptors (Lipinski definition) is 2. The fourth-order valence-corrected chi connectivity index (χ4v) is 1.99. The molecule has 0 spiro atoms. The molecule has 82 valence electrons. The molecule has 3 heteroatoms. The van der Waals surface area contributed by atoms with E-state index in [9.17, 15) is 4.79 Å². The second-order valence-corrected chi connectivity index (χ2v) is 4.07. The summed E-state index contributed by atoms with van der Waals surface area (Å²) in [5.74, 6) is 0.278. The third kappa shape index (κ3) is 2.93. The predicted octanol–water partition coefficient (Wildman–Crippen LogP) is 1.08. The summed E-state index contributed by atoms with van der Waals surface area (Å²) in [6.07, 6.45) is 9.47. The van der Waals surface area contributed by atoms with E-state index in [2.05, 4.69) is 23.5 Å². The smallest absolute Gasteiger partial charge is 0.224 e. The monoisotopic (exact) mass is 206 g/mol. The Labute approximate surface area is 90.8 Å². The maximum absolute atomic E-state index is 11.7. The van der Waals surface area contributed by atoms with E-state index in [1.165, 1.54) is 5.57 Å². The van der Waals surface area contributed by atoms with Gasteiger partial charge in [-0.25, -0.2) is 0 Å². The third-order valence-corrected chi connectivity index (χ3v) is 2.87. The van der Waals surface area contributed by atoms with Crippen LogP contribution in [0.25, 0.3) is 0 Å². The van der Waals surface area contributed by atoms with Gasteiger partial charge in [-0.2, -0.15) is 0 Å². The Bertz CT molecular complexity index is 294. The molecule has 0 aromatic carbocycles. The molecule has 0 aromatic rings. The number of carbonyl (C=O) groups is 1. The maximum atomic E-state index is 11.7. The maximum Gasteiger partial charge on any atom is 0.224 e. The van der Waals surface area contributed by atoms with Crippen LogP contribution in [0.1, 0.15) is 19.3 Å². The van der Waals surface area contributed by atoms with Gasteiger partial charge in [0.1, 0.15) is 0 Å². The van der Waals surface area contributed by atoms with Gasteiger partial charge in [-0.3, -0.25) is 4.79 Å². The molecule has 1 heterocycles. The van der Waals surface area contributed by atoms with Crippen LogP contribution in [0.3, 0.4) is 0 Å². The molecule has 0 radical (unpaired) electrons. The summed E-state index contributed by atoms with van der Waals surface area (Å²) in [5, 5.41) is 3.24. The number of nitrogens with zero attached hydrogens (tertiary/aromatic N) is 1. The van der Waals surface area contributed by atoms with Crippen molar-refractivity contribution in [3.63, 3.8) is 0 Å². The second kappa shape index (κ2) is 5.12. The Kier molecular flexibility index (Phi) is 3.56. The molecule has 1 N–H and O–H groups in total. The lowest BCUT2D eigenvalue weighted by Gasteiger charge is -2.21. The molecule has 15 heavy (non-hydrogen) atoms. The molecule has 1 aliphatic heterocycles. The normalized spacial score (nSPS) is 22.5. The topological polar surface area (TPSA) is 32.3 Å². The molecular weight excluding hydrogens is 188 g/mol. The molecule has 1 fully saturated rings. The van der Waals surface area contributed by atoms with E-state index < -0.39 is 0 Å². The van der Waals surface area contributed by atoms with Gasteiger partial charge >= 0.3 is 0 Å². The number of allylic oxidation sites excluding steroid dienone is 2. The first-order valence-corrected chi connectivity index (χ1v) is 5.70. The van der Waals surface area contributed by atoms with E-state index >= 15 is 0 Å². The number of amides is 1. The Morgan fingerprint density at radius 2 is 2.27 bits per heavy atom. The lowest BCUT2D eigenvalue weighted by atomic mass is 10.1. The van der Waals surface area contributed by atoms with Crippen LogP contribution < -0.4 is 5.32 Å². The minimum Gasteiger partial charge on any atom is -0.337 e. The molecule has 0 atom stereocenters. The molecular formula is C12H18N2O. The third-order valence-electron chi connectivity index (χ3n) is 2.87. The number of hydrogen-bond donors (Lipinski definition) is 1. The van der Waals surface area contributed by atoms with Crippen LogP contribution >= 0.6 is 0 Å². The SMILES string of the molecule is O=C1CCNCCN1CC1=CCCC=C1. The van der Waals surface area contributed by atoms with E-state index in [0.29, 0.717) is 6.42 Å². The highest BCUT2D eigenvalue weighted by Gasteiger charge is 2.16. The first-order chi connectivity index (χ1) is 7.36. The number of rotatable bonds is 2. The average molecular weight is 206 g/mol.